The zero-order valence-corrected chi connectivity index (χ0v) is 14.1. The van der Waals surface area contributed by atoms with Crippen molar-refractivity contribution in [3.63, 3.8) is 0 Å². The molecule has 0 bridgehead atoms. The maximum Gasteiger partial charge on any atom is 0.0670 e. The average Bonchev–Trinajstić information content (AvgIpc) is 2.94. The molecule has 2 fully saturated rings. The van der Waals surface area contributed by atoms with Crippen LogP contribution < -0.4 is 5.32 Å². The molecule has 0 saturated heterocycles. The summed E-state index contributed by atoms with van der Waals surface area (Å²) in [5.41, 5.74) is 1.45. The lowest BCUT2D eigenvalue weighted by Gasteiger charge is -2.54. The van der Waals surface area contributed by atoms with Crippen LogP contribution in [0, 0.1) is 5.41 Å². The van der Waals surface area contributed by atoms with Crippen molar-refractivity contribution < 1.29 is 4.74 Å². The van der Waals surface area contributed by atoms with Gasteiger partial charge in [0.1, 0.15) is 0 Å². The number of hydrogen-bond acceptors (Lipinski definition) is 2. The second-order valence-electron chi connectivity index (χ2n) is 5.94. The van der Waals surface area contributed by atoms with Crippen LogP contribution in [-0.2, 0) is 4.74 Å². The summed E-state index contributed by atoms with van der Waals surface area (Å²) in [6.45, 7) is 2.91. The standard InChI is InChI=1S/C16H21BrClNO/c1-2-20-15-10-14(16(15)7-3-4-8-16)19-13-9-11(18)5-6-12(13)17/h5-6,9,14-15,19H,2-4,7-8,10H2,1H3. The summed E-state index contributed by atoms with van der Waals surface area (Å²) < 4.78 is 7.04. The topological polar surface area (TPSA) is 21.3 Å². The number of benzene rings is 1. The predicted octanol–water partition coefficient (Wildman–Crippen LogP) is 5.25. The molecule has 0 aromatic heterocycles. The average molecular weight is 359 g/mol. The highest BCUT2D eigenvalue weighted by molar-refractivity contribution is 9.10. The Labute approximate surface area is 134 Å². The fourth-order valence-corrected chi connectivity index (χ4v) is 4.42. The van der Waals surface area contributed by atoms with E-state index in [1.807, 2.05) is 18.2 Å². The first-order valence-electron chi connectivity index (χ1n) is 7.49. The fraction of sp³-hybridized carbons (Fsp3) is 0.625. The quantitative estimate of drug-likeness (QED) is 0.793. The highest BCUT2D eigenvalue weighted by atomic mass is 79.9. The molecule has 3 rings (SSSR count). The molecule has 2 aliphatic rings. The first-order valence-corrected chi connectivity index (χ1v) is 8.66. The zero-order chi connectivity index (χ0) is 14.2. The summed E-state index contributed by atoms with van der Waals surface area (Å²) >= 11 is 9.71. The first-order chi connectivity index (χ1) is 9.65. The van der Waals surface area contributed by atoms with Crippen molar-refractivity contribution in [2.45, 2.75) is 51.2 Å². The van der Waals surface area contributed by atoms with Crippen LogP contribution in [0.5, 0.6) is 0 Å². The molecule has 0 heterocycles. The Morgan fingerprint density at radius 2 is 2.15 bits per heavy atom. The number of anilines is 1. The number of hydrogen-bond donors (Lipinski definition) is 1. The number of ether oxygens (including phenoxy) is 1. The third kappa shape index (κ3) is 2.49. The molecule has 4 heteroatoms. The molecule has 0 radical (unpaired) electrons. The lowest BCUT2D eigenvalue weighted by atomic mass is 9.60. The van der Waals surface area contributed by atoms with E-state index in [2.05, 4.69) is 28.2 Å². The zero-order valence-electron chi connectivity index (χ0n) is 11.8. The van der Waals surface area contributed by atoms with Crippen LogP contribution in [0.15, 0.2) is 22.7 Å². The number of rotatable bonds is 4. The molecule has 2 nitrogen and oxygen atoms in total. The fourth-order valence-electron chi connectivity index (χ4n) is 3.88. The van der Waals surface area contributed by atoms with Crippen LogP contribution >= 0.6 is 27.5 Å². The van der Waals surface area contributed by atoms with Gasteiger partial charge in [0, 0.05) is 27.6 Å². The van der Waals surface area contributed by atoms with Gasteiger partial charge in [-0.25, -0.2) is 0 Å². The summed E-state index contributed by atoms with van der Waals surface area (Å²) in [4.78, 5) is 0. The maximum atomic E-state index is 6.11. The normalized spacial score (nSPS) is 27.6. The SMILES string of the molecule is CCOC1CC(Nc2cc(Cl)ccc2Br)C12CCCC2. The van der Waals surface area contributed by atoms with Gasteiger partial charge < -0.3 is 10.1 Å². The predicted molar refractivity (Wildman–Crippen MR) is 87.5 cm³/mol. The van der Waals surface area contributed by atoms with Crippen molar-refractivity contribution in [3.8, 4) is 0 Å². The van der Waals surface area contributed by atoms with Crippen LogP contribution in [0.25, 0.3) is 0 Å². The van der Waals surface area contributed by atoms with Crippen LogP contribution in [0.1, 0.15) is 39.0 Å². The molecule has 2 aliphatic carbocycles. The summed E-state index contributed by atoms with van der Waals surface area (Å²) in [5, 5.41) is 4.47. The van der Waals surface area contributed by atoms with E-state index in [0.717, 1.165) is 28.2 Å². The molecule has 110 valence electrons. The van der Waals surface area contributed by atoms with Crippen LogP contribution in [0.2, 0.25) is 5.02 Å². The van der Waals surface area contributed by atoms with E-state index >= 15 is 0 Å². The van der Waals surface area contributed by atoms with Crippen molar-refractivity contribution in [2.75, 3.05) is 11.9 Å². The highest BCUT2D eigenvalue weighted by Crippen LogP contribution is 2.55. The van der Waals surface area contributed by atoms with Gasteiger partial charge in [-0.15, -0.1) is 0 Å². The molecule has 20 heavy (non-hydrogen) atoms. The second-order valence-corrected chi connectivity index (χ2v) is 7.23. The van der Waals surface area contributed by atoms with Gasteiger partial charge in [-0.05, 0) is 60.3 Å². The molecule has 0 aliphatic heterocycles. The van der Waals surface area contributed by atoms with E-state index in [-0.39, 0.29) is 0 Å². The summed E-state index contributed by atoms with van der Waals surface area (Å²) in [5.74, 6) is 0. The Morgan fingerprint density at radius 3 is 2.85 bits per heavy atom. The molecule has 2 atom stereocenters. The highest BCUT2D eigenvalue weighted by Gasteiger charge is 2.56. The molecule has 1 aromatic carbocycles. The van der Waals surface area contributed by atoms with E-state index in [9.17, 15) is 0 Å². The molecule has 1 N–H and O–H groups in total. The second kappa shape index (κ2) is 5.86. The van der Waals surface area contributed by atoms with Gasteiger partial charge in [-0.1, -0.05) is 24.4 Å². The molecule has 1 spiro atoms. The van der Waals surface area contributed by atoms with E-state index < -0.39 is 0 Å². The van der Waals surface area contributed by atoms with Gasteiger partial charge in [0.25, 0.3) is 0 Å². The smallest absolute Gasteiger partial charge is 0.0670 e. The Morgan fingerprint density at radius 1 is 1.40 bits per heavy atom. The molecular formula is C16H21BrClNO. The molecule has 2 saturated carbocycles. The molecule has 0 amide bonds. The van der Waals surface area contributed by atoms with Gasteiger partial charge in [-0.2, -0.15) is 0 Å². The van der Waals surface area contributed by atoms with Crippen molar-refractivity contribution in [1.82, 2.24) is 0 Å². The van der Waals surface area contributed by atoms with E-state index in [1.54, 1.807) is 0 Å². The minimum atomic E-state index is 0.345. The van der Waals surface area contributed by atoms with Crippen molar-refractivity contribution in [3.05, 3.63) is 27.7 Å². The largest absolute Gasteiger partial charge is 0.381 e. The number of nitrogens with one attached hydrogen (secondary N) is 1. The van der Waals surface area contributed by atoms with Crippen LogP contribution in [0.4, 0.5) is 5.69 Å². The maximum absolute atomic E-state index is 6.11. The minimum Gasteiger partial charge on any atom is -0.381 e. The van der Waals surface area contributed by atoms with Gasteiger partial charge in [0.15, 0.2) is 0 Å². The Kier molecular flexibility index (Phi) is 4.30. The lowest BCUT2D eigenvalue weighted by molar-refractivity contribution is -0.114. The summed E-state index contributed by atoms with van der Waals surface area (Å²) in [6.07, 6.45) is 6.77. The molecule has 2 unspecified atom stereocenters. The van der Waals surface area contributed by atoms with Gasteiger partial charge >= 0.3 is 0 Å². The van der Waals surface area contributed by atoms with Crippen LogP contribution in [0.3, 0.4) is 0 Å². The van der Waals surface area contributed by atoms with Crippen molar-refractivity contribution >= 4 is 33.2 Å². The van der Waals surface area contributed by atoms with E-state index in [1.165, 1.54) is 25.7 Å². The number of halogens is 2. The van der Waals surface area contributed by atoms with Gasteiger partial charge in [0.05, 0.1) is 11.8 Å². The Balaban J connectivity index is 1.76. The third-order valence-corrected chi connectivity index (χ3v) is 5.87. The van der Waals surface area contributed by atoms with E-state index in [0.29, 0.717) is 17.6 Å². The molecular weight excluding hydrogens is 338 g/mol. The van der Waals surface area contributed by atoms with Gasteiger partial charge in [0.2, 0.25) is 0 Å². The Bertz CT molecular complexity index is 487. The Hall–Kier alpha value is -0.250. The summed E-state index contributed by atoms with van der Waals surface area (Å²) in [7, 11) is 0. The first kappa shape index (κ1) is 14.7. The molecule has 1 aromatic rings. The van der Waals surface area contributed by atoms with Crippen LogP contribution in [-0.4, -0.2) is 18.8 Å². The van der Waals surface area contributed by atoms with Crippen molar-refractivity contribution in [1.29, 1.82) is 0 Å². The monoisotopic (exact) mass is 357 g/mol. The summed E-state index contributed by atoms with van der Waals surface area (Å²) in [6, 6.07) is 6.43. The lowest BCUT2D eigenvalue weighted by Crippen LogP contribution is -2.60. The minimum absolute atomic E-state index is 0.345. The third-order valence-electron chi connectivity index (χ3n) is 4.95. The van der Waals surface area contributed by atoms with Gasteiger partial charge in [-0.3, -0.25) is 0 Å². The van der Waals surface area contributed by atoms with E-state index in [4.69, 9.17) is 16.3 Å². The van der Waals surface area contributed by atoms with Crippen molar-refractivity contribution in [2.24, 2.45) is 5.41 Å².